The summed E-state index contributed by atoms with van der Waals surface area (Å²) in [5, 5.41) is 3.02. The molecule has 4 aromatic rings. The molecule has 37 heavy (non-hydrogen) atoms. The van der Waals surface area contributed by atoms with Gasteiger partial charge in [-0.2, -0.15) is 26.3 Å². The molecule has 4 rings (SSSR count). The molecule has 3 aromatic carbocycles. The van der Waals surface area contributed by atoms with Crippen molar-refractivity contribution in [2.75, 3.05) is 11.9 Å². The third kappa shape index (κ3) is 6.22. The monoisotopic (exact) mass is 523 g/mol. The van der Waals surface area contributed by atoms with Crippen LogP contribution in [0.15, 0.2) is 72.9 Å². The number of benzene rings is 3. The Hall–Kier alpha value is -4.02. The van der Waals surface area contributed by atoms with Crippen molar-refractivity contribution >= 4 is 22.6 Å². The number of H-pyrrole nitrogens is 1. The normalized spacial score (nSPS) is 12.1. The molecule has 0 aliphatic carbocycles. The predicted molar refractivity (Wildman–Crippen MR) is 124 cm³/mol. The van der Waals surface area contributed by atoms with Gasteiger partial charge >= 0.3 is 18.4 Å². The molecule has 0 atom stereocenters. The van der Waals surface area contributed by atoms with Crippen LogP contribution in [0.25, 0.3) is 10.9 Å². The largest absolute Gasteiger partial charge is 0.416 e. The van der Waals surface area contributed by atoms with Crippen molar-refractivity contribution in [2.24, 2.45) is 0 Å². The molecule has 2 amide bonds. The minimum atomic E-state index is -5.07. The fraction of sp³-hybridized carbons (Fsp3) is 0.192. The lowest BCUT2D eigenvalue weighted by Crippen LogP contribution is -2.36. The highest BCUT2D eigenvalue weighted by molar-refractivity contribution is 5.90. The van der Waals surface area contributed by atoms with Gasteiger partial charge in [0, 0.05) is 34.9 Å². The lowest BCUT2D eigenvalue weighted by Gasteiger charge is -2.24. The molecule has 0 aliphatic rings. The van der Waals surface area contributed by atoms with E-state index in [0.717, 1.165) is 21.4 Å². The van der Waals surface area contributed by atoms with Crippen molar-refractivity contribution in [1.29, 1.82) is 0 Å². The number of carbonyl (C=O) groups is 1. The smallest absolute Gasteiger partial charge is 0.361 e. The van der Waals surface area contributed by atoms with Gasteiger partial charge in [-0.25, -0.2) is 9.18 Å². The maximum absolute atomic E-state index is 14.3. The number of urea groups is 1. The number of hydrogen-bond acceptors (Lipinski definition) is 1. The van der Waals surface area contributed by atoms with Crippen molar-refractivity contribution in [1.82, 2.24) is 9.88 Å². The number of aromatic nitrogens is 1. The fourth-order valence-electron chi connectivity index (χ4n) is 3.91. The maximum Gasteiger partial charge on any atom is 0.416 e. The Morgan fingerprint density at radius 1 is 0.838 bits per heavy atom. The molecule has 0 saturated heterocycles. The van der Waals surface area contributed by atoms with E-state index in [1.54, 1.807) is 12.3 Å². The zero-order valence-corrected chi connectivity index (χ0v) is 19.1. The molecule has 1 heterocycles. The minimum Gasteiger partial charge on any atom is -0.361 e. The van der Waals surface area contributed by atoms with E-state index in [0.29, 0.717) is 18.6 Å². The van der Waals surface area contributed by atoms with Crippen molar-refractivity contribution in [3.05, 3.63) is 101 Å². The molecule has 2 N–H and O–H groups in total. The van der Waals surface area contributed by atoms with Crippen LogP contribution in [0.1, 0.15) is 22.3 Å². The summed E-state index contributed by atoms with van der Waals surface area (Å²) >= 11 is 0. The Balaban J connectivity index is 1.62. The average Bonchev–Trinajstić information content (AvgIpc) is 3.24. The summed E-state index contributed by atoms with van der Waals surface area (Å²) in [6.07, 6.45) is -8.10. The summed E-state index contributed by atoms with van der Waals surface area (Å²) < 4.78 is 93.7. The third-order valence-electron chi connectivity index (χ3n) is 5.77. The van der Waals surface area contributed by atoms with Gasteiger partial charge in [-0.3, -0.25) is 0 Å². The van der Waals surface area contributed by atoms with Crippen molar-refractivity contribution in [2.45, 2.75) is 25.3 Å². The topological polar surface area (TPSA) is 48.1 Å². The first kappa shape index (κ1) is 26.1. The number of fused-ring (bicyclic) bond motifs is 1. The van der Waals surface area contributed by atoms with E-state index in [9.17, 15) is 35.5 Å². The van der Waals surface area contributed by atoms with Gasteiger partial charge < -0.3 is 15.2 Å². The Morgan fingerprint density at radius 2 is 1.46 bits per heavy atom. The van der Waals surface area contributed by atoms with E-state index < -0.39 is 41.0 Å². The van der Waals surface area contributed by atoms with Crippen LogP contribution in [0.3, 0.4) is 0 Å². The highest BCUT2D eigenvalue weighted by atomic mass is 19.4. The van der Waals surface area contributed by atoms with Crippen LogP contribution in [0.2, 0.25) is 0 Å². The number of hydrogen-bond donors (Lipinski definition) is 2. The number of alkyl halides is 6. The SMILES string of the molecule is O=C(Nc1cc(C(F)(F)F)cc(C(F)(F)F)c1)N(CCc1c[nH]c2ccccc12)Cc1ccccc1F. The number of nitrogens with zero attached hydrogens (tertiary/aromatic N) is 1. The molecule has 0 aliphatic heterocycles. The molecule has 0 spiro atoms. The van der Waals surface area contributed by atoms with E-state index in [1.165, 1.54) is 18.2 Å². The Kier molecular flexibility index (Phi) is 7.15. The minimum absolute atomic E-state index is 0.00705. The lowest BCUT2D eigenvalue weighted by molar-refractivity contribution is -0.143. The number of para-hydroxylation sites is 1. The van der Waals surface area contributed by atoms with Crippen molar-refractivity contribution in [3.63, 3.8) is 0 Å². The standard InChI is InChI=1S/C26H20F7N3O/c27-22-7-3-1-5-17(22)15-36(10-9-16-14-34-23-8-4-2-6-21(16)23)24(37)35-20-12-18(25(28,29)30)11-19(13-20)26(31,32)33/h1-8,11-14,34H,9-10,15H2,(H,35,37). The predicted octanol–water partition coefficient (Wildman–Crippen LogP) is 7.62. The number of rotatable bonds is 6. The number of carbonyl (C=O) groups excluding carboxylic acids is 1. The van der Waals surface area contributed by atoms with E-state index in [-0.39, 0.29) is 24.7 Å². The summed E-state index contributed by atoms with van der Waals surface area (Å²) in [7, 11) is 0. The van der Waals surface area contributed by atoms with Gasteiger partial charge in [0.05, 0.1) is 17.7 Å². The number of aromatic amines is 1. The molecule has 11 heteroatoms. The van der Waals surface area contributed by atoms with Gasteiger partial charge in [-0.05, 0) is 42.3 Å². The van der Waals surface area contributed by atoms with Gasteiger partial charge in [-0.15, -0.1) is 0 Å². The number of halogens is 7. The van der Waals surface area contributed by atoms with Crippen LogP contribution in [-0.2, 0) is 25.3 Å². The van der Waals surface area contributed by atoms with Crippen LogP contribution >= 0.6 is 0 Å². The second-order valence-electron chi connectivity index (χ2n) is 8.35. The van der Waals surface area contributed by atoms with E-state index in [1.807, 2.05) is 24.3 Å². The average molecular weight is 523 g/mol. The molecule has 4 nitrogen and oxygen atoms in total. The molecule has 0 fully saturated rings. The van der Waals surface area contributed by atoms with Crippen LogP contribution < -0.4 is 5.32 Å². The van der Waals surface area contributed by atoms with Gasteiger partial charge in [-0.1, -0.05) is 36.4 Å². The molecular weight excluding hydrogens is 503 g/mol. The first-order valence-electron chi connectivity index (χ1n) is 11.1. The zero-order valence-electron chi connectivity index (χ0n) is 19.1. The molecule has 194 valence electrons. The first-order valence-corrected chi connectivity index (χ1v) is 11.1. The molecule has 0 radical (unpaired) electrons. The first-order chi connectivity index (χ1) is 17.4. The number of anilines is 1. The van der Waals surface area contributed by atoms with E-state index >= 15 is 0 Å². The lowest BCUT2D eigenvalue weighted by atomic mass is 10.1. The Bertz CT molecular complexity index is 1380. The Labute approximate surface area is 206 Å². The van der Waals surface area contributed by atoms with Gasteiger partial charge in [0.25, 0.3) is 0 Å². The van der Waals surface area contributed by atoms with Gasteiger partial charge in [0.1, 0.15) is 5.82 Å². The zero-order chi connectivity index (χ0) is 26.8. The van der Waals surface area contributed by atoms with E-state index in [4.69, 9.17) is 0 Å². The van der Waals surface area contributed by atoms with Crippen molar-refractivity contribution in [3.8, 4) is 0 Å². The highest BCUT2D eigenvalue weighted by Gasteiger charge is 2.37. The van der Waals surface area contributed by atoms with Gasteiger partial charge in [0.15, 0.2) is 0 Å². The van der Waals surface area contributed by atoms with Crippen LogP contribution in [0.5, 0.6) is 0 Å². The number of amides is 2. The summed E-state index contributed by atoms with van der Waals surface area (Å²) in [5.41, 5.74) is -1.98. The van der Waals surface area contributed by atoms with Crippen LogP contribution in [-0.4, -0.2) is 22.5 Å². The summed E-state index contributed by atoms with van der Waals surface area (Å²) in [6.45, 7) is -0.251. The van der Waals surface area contributed by atoms with Gasteiger partial charge in [0.2, 0.25) is 0 Å². The second kappa shape index (κ2) is 10.2. The molecule has 0 saturated carbocycles. The quantitative estimate of drug-likeness (QED) is 0.251. The highest BCUT2D eigenvalue weighted by Crippen LogP contribution is 2.37. The molecule has 1 aromatic heterocycles. The molecular formula is C26H20F7N3O. The molecule has 0 unspecified atom stereocenters. The van der Waals surface area contributed by atoms with Crippen LogP contribution in [0, 0.1) is 5.82 Å². The molecule has 0 bridgehead atoms. The number of nitrogens with one attached hydrogen (secondary N) is 2. The summed E-state index contributed by atoms with van der Waals surface area (Å²) in [6, 6.07) is 12.9. The Morgan fingerprint density at radius 3 is 2.11 bits per heavy atom. The maximum atomic E-state index is 14.3. The third-order valence-corrected chi connectivity index (χ3v) is 5.77. The van der Waals surface area contributed by atoms with Crippen LogP contribution in [0.4, 0.5) is 41.2 Å². The summed E-state index contributed by atoms with van der Waals surface area (Å²) in [5.74, 6) is -0.606. The summed E-state index contributed by atoms with van der Waals surface area (Å²) in [4.78, 5) is 17.3. The van der Waals surface area contributed by atoms with Crippen molar-refractivity contribution < 1.29 is 35.5 Å². The fourth-order valence-corrected chi connectivity index (χ4v) is 3.91. The van der Waals surface area contributed by atoms with E-state index in [2.05, 4.69) is 10.3 Å². The second-order valence-corrected chi connectivity index (χ2v) is 8.35.